The quantitative estimate of drug-likeness (QED) is 0.846. The van der Waals surface area contributed by atoms with Crippen molar-refractivity contribution >= 4 is 0 Å². The van der Waals surface area contributed by atoms with Crippen molar-refractivity contribution in [3.05, 3.63) is 47.2 Å². The van der Waals surface area contributed by atoms with Crippen molar-refractivity contribution in [2.75, 3.05) is 13.7 Å². The van der Waals surface area contributed by atoms with E-state index in [1.54, 1.807) is 13.4 Å². The summed E-state index contributed by atoms with van der Waals surface area (Å²) in [6.07, 6.45) is 5.46. The lowest BCUT2D eigenvalue weighted by Crippen LogP contribution is -2.24. The molecule has 0 radical (unpaired) electrons. The number of ether oxygens (including phenoxy) is 1. The Balaban J connectivity index is 2.24. The van der Waals surface area contributed by atoms with Gasteiger partial charge in [-0.25, -0.2) is 0 Å². The minimum absolute atomic E-state index is 0.138. The number of aryl methyl sites for hydroxylation is 1. The fraction of sp³-hybridized carbons (Fsp3) is 0.471. The fourth-order valence-electron chi connectivity index (χ4n) is 2.55. The van der Waals surface area contributed by atoms with Crippen molar-refractivity contribution in [3.63, 3.8) is 0 Å². The topological polar surface area (TPSA) is 47.3 Å². The number of nitrogens with zero attached hydrogens (tertiary/aromatic N) is 1. The highest BCUT2D eigenvalue weighted by Gasteiger charge is 2.18. The van der Waals surface area contributed by atoms with Crippen molar-refractivity contribution in [3.8, 4) is 5.75 Å². The molecule has 4 heteroatoms. The van der Waals surface area contributed by atoms with Gasteiger partial charge in [0.2, 0.25) is 0 Å². The van der Waals surface area contributed by atoms with Gasteiger partial charge in [-0.1, -0.05) is 6.92 Å². The largest absolute Gasteiger partial charge is 0.496 e. The van der Waals surface area contributed by atoms with E-state index in [0.29, 0.717) is 0 Å². The van der Waals surface area contributed by atoms with E-state index in [4.69, 9.17) is 9.15 Å². The molecule has 21 heavy (non-hydrogen) atoms. The number of hydrogen-bond donors (Lipinski definition) is 1. The van der Waals surface area contributed by atoms with E-state index in [9.17, 15) is 0 Å². The van der Waals surface area contributed by atoms with Gasteiger partial charge >= 0.3 is 0 Å². The van der Waals surface area contributed by atoms with Crippen LogP contribution in [0.2, 0.25) is 0 Å². The average molecular weight is 288 g/mol. The van der Waals surface area contributed by atoms with Crippen molar-refractivity contribution in [2.45, 2.75) is 39.7 Å². The molecular weight excluding hydrogens is 264 g/mol. The van der Waals surface area contributed by atoms with Crippen molar-refractivity contribution in [2.24, 2.45) is 0 Å². The maximum Gasteiger partial charge on any atom is 0.128 e. The van der Waals surface area contributed by atoms with Crippen LogP contribution in [0.3, 0.4) is 0 Å². The Kier molecular flexibility index (Phi) is 5.39. The van der Waals surface area contributed by atoms with Crippen LogP contribution in [-0.4, -0.2) is 18.6 Å². The highest BCUT2D eigenvalue weighted by atomic mass is 16.5. The fourth-order valence-corrected chi connectivity index (χ4v) is 2.55. The summed E-state index contributed by atoms with van der Waals surface area (Å²) >= 11 is 0. The number of aromatic nitrogens is 1. The van der Waals surface area contributed by atoms with E-state index in [0.717, 1.165) is 47.7 Å². The van der Waals surface area contributed by atoms with E-state index in [1.807, 2.05) is 25.3 Å². The van der Waals surface area contributed by atoms with E-state index in [-0.39, 0.29) is 6.04 Å². The van der Waals surface area contributed by atoms with Crippen LogP contribution >= 0.6 is 0 Å². The molecule has 0 fully saturated rings. The van der Waals surface area contributed by atoms with E-state index in [2.05, 4.69) is 24.1 Å². The number of rotatable bonds is 7. The molecule has 0 amide bonds. The lowest BCUT2D eigenvalue weighted by molar-refractivity contribution is 0.398. The third-order valence-electron chi connectivity index (χ3n) is 3.67. The van der Waals surface area contributed by atoms with E-state index in [1.165, 1.54) is 0 Å². The van der Waals surface area contributed by atoms with Crippen LogP contribution in [0.4, 0.5) is 0 Å². The van der Waals surface area contributed by atoms with Gasteiger partial charge < -0.3 is 14.5 Å². The Hall–Kier alpha value is -1.81. The summed E-state index contributed by atoms with van der Waals surface area (Å²) in [4.78, 5) is 4.58. The molecule has 2 heterocycles. The predicted octanol–water partition coefficient (Wildman–Crippen LogP) is 3.58. The summed E-state index contributed by atoms with van der Waals surface area (Å²) in [6.45, 7) is 7.19. The SMILES string of the molecule is CCCNC(Cc1ncc(C)c(OC)c1C)c1ccco1. The van der Waals surface area contributed by atoms with Crippen LogP contribution in [0, 0.1) is 13.8 Å². The van der Waals surface area contributed by atoms with Crippen molar-refractivity contribution < 1.29 is 9.15 Å². The Labute approximate surface area is 126 Å². The van der Waals surface area contributed by atoms with Gasteiger partial charge in [0.15, 0.2) is 0 Å². The molecule has 0 aromatic carbocycles. The maximum absolute atomic E-state index is 5.56. The van der Waals surface area contributed by atoms with Gasteiger partial charge in [0.25, 0.3) is 0 Å². The number of furan rings is 1. The summed E-state index contributed by atoms with van der Waals surface area (Å²) in [5.74, 6) is 1.87. The molecule has 2 aromatic rings. The van der Waals surface area contributed by atoms with Crippen molar-refractivity contribution in [1.82, 2.24) is 10.3 Å². The average Bonchev–Trinajstić information content (AvgIpc) is 3.00. The molecule has 4 nitrogen and oxygen atoms in total. The highest BCUT2D eigenvalue weighted by Crippen LogP contribution is 2.27. The Bertz CT molecular complexity index is 564. The van der Waals surface area contributed by atoms with E-state index >= 15 is 0 Å². The lowest BCUT2D eigenvalue weighted by Gasteiger charge is -2.18. The Morgan fingerprint density at radius 2 is 2.19 bits per heavy atom. The molecule has 0 aliphatic rings. The first kappa shape index (κ1) is 15.6. The zero-order valence-corrected chi connectivity index (χ0v) is 13.3. The number of pyridine rings is 1. The van der Waals surface area contributed by atoms with Gasteiger partial charge in [0, 0.05) is 29.4 Å². The first-order valence-electron chi connectivity index (χ1n) is 7.43. The molecule has 114 valence electrons. The monoisotopic (exact) mass is 288 g/mol. The third-order valence-corrected chi connectivity index (χ3v) is 3.67. The first-order chi connectivity index (χ1) is 10.2. The van der Waals surface area contributed by atoms with E-state index < -0.39 is 0 Å². The second-order valence-electron chi connectivity index (χ2n) is 5.27. The van der Waals surface area contributed by atoms with Crippen LogP contribution in [0.5, 0.6) is 5.75 Å². The van der Waals surface area contributed by atoms with Gasteiger partial charge in [-0.05, 0) is 38.9 Å². The molecule has 2 aromatic heterocycles. The van der Waals surface area contributed by atoms with Crippen LogP contribution in [0.15, 0.2) is 29.0 Å². The number of nitrogens with one attached hydrogen (secondary N) is 1. The molecule has 0 aliphatic carbocycles. The molecular formula is C17H24N2O2. The second-order valence-corrected chi connectivity index (χ2v) is 5.27. The summed E-state index contributed by atoms with van der Waals surface area (Å²) in [5, 5.41) is 3.53. The Morgan fingerprint density at radius 1 is 1.38 bits per heavy atom. The summed E-state index contributed by atoms with van der Waals surface area (Å²) in [6, 6.07) is 4.07. The predicted molar refractivity (Wildman–Crippen MR) is 83.7 cm³/mol. The van der Waals surface area contributed by atoms with Gasteiger partial charge in [0.05, 0.1) is 19.4 Å². The normalized spacial score (nSPS) is 12.4. The molecule has 1 unspecified atom stereocenters. The van der Waals surface area contributed by atoms with Gasteiger partial charge in [0.1, 0.15) is 11.5 Å². The van der Waals surface area contributed by atoms with Crippen molar-refractivity contribution in [1.29, 1.82) is 0 Å². The molecule has 2 rings (SSSR count). The first-order valence-corrected chi connectivity index (χ1v) is 7.43. The number of methoxy groups -OCH3 is 1. The minimum atomic E-state index is 0.138. The zero-order valence-electron chi connectivity index (χ0n) is 13.3. The van der Waals surface area contributed by atoms with Crippen LogP contribution in [0.1, 0.15) is 42.0 Å². The molecule has 0 saturated carbocycles. The zero-order chi connectivity index (χ0) is 15.2. The lowest BCUT2D eigenvalue weighted by atomic mass is 10.0. The molecule has 1 N–H and O–H groups in total. The maximum atomic E-state index is 5.56. The molecule has 0 aliphatic heterocycles. The Morgan fingerprint density at radius 3 is 2.81 bits per heavy atom. The third kappa shape index (κ3) is 3.64. The standard InChI is InChI=1S/C17H24N2O2/c1-5-8-18-15(16-7-6-9-21-16)10-14-13(3)17(20-4)12(2)11-19-14/h6-7,9,11,15,18H,5,8,10H2,1-4H3. The minimum Gasteiger partial charge on any atom is -0.496 e. The van der Waals surface area contributed by atoms with Crippen LogP contribution in [-0.2, 0) is 6.42 Å². The summed E-state index contributed by atoms with van der Waals surface area (Å²) in [7, 11) is 1.71. The van der Waals surface area contributed by atoms with Gasteiger partial charge in [-0.3, -0.25) is 4.98 Å². The number of hydrogen-bond acceptors (Lipinski definition) is 4. The van der Waals surface area contributed by atoms with Gasteiger partial charge in [-0.15, -0.1) is 0 Å². The molecule has 0 saturated heterocycles. The molecule has 0 spiro atoms. The van der Waals surface area contributed by atoms with Crippen LogP contribution in [0.25, 0.3) is 0 Å². The molecule has 1 atom stereocenters. The summed E-state index contributed by atoms with van der Waals surface area (Å²) in [5.41, 5.74) is 3.21. The van der Waals surface area contributed by atoms with Crippen LogP contribution < -0.4 is 10.1 Å². The molecule has 0 bridgehead atoms. The van der Waals surface area contributed by atoms with Gasteiger partial charge in [-0.2, -0.15) is 0 Å². The smallest absolute Gasteiger partial charge is 0.128 e. The summed E-state index contributed by atoms with van der Waals surface area (Å²) < 4.78 is 11.0. The highest BCUT2D eigenvalue weighted by molar-refractivity contribution is 5.41. The second kappa shape index (κ2) is 7.27.